The summed E-state index contributed by atoms with van der Waals surface area (Å²) in [5.41, 5.74) is 5.55. The lowest BCUT2D eigenvalue weighted by atomic mass is 9.93. The molecule has 148 valence electrons. The van der Waals surface area contributed by atoms with Gasteiger partial charge in [-0.3, -0.25) is 14.1 Å². The normalized spacial score (nSPS) is 16.9. The van der Waals surface area contributed by atoms with Crippen LogP contribution >= 0.6 is 0 Å². The highest BCUT2D eigenvalue weighted by Gasteiger charge is 2.24. The Balaban J connectivity index is 1.96. The summed E-state index contributed by atoms with van der Waals surface area (Å²) >= 11 is 0. The van der Waals surface area contributed by atoms with E-state index in [1.165, 1.54) is 18.2 Å². The second kappa shape index (κ2) is 7.49. The number of rotatable bonds is 5. The summed E-state index contributed by atoms with van der Waals surface area (Å²) < 4.78 is 39.5. The van der Waals surface area contributed by atoms with Crippen molar-refractivity contribution in [3.63, 3.8) is 0 Å². The van der Waals surface area contributed by atoms with Gasteiger partial charge in [0.05, 0.1) is 11.1 Å². The summed E-state index contributed by atoms with van der Waals surface area (Å²) in [7, 11) is -4.56. The van der Waals surface area contributed by atoms with Crippen LogP contribution in [0, 0.1) is 5.92 Å². The van der Waals surface area contributed by atoms with Crippen LogP contribution < -0.4 is 15.9 Å². The van der Waals surface area contributed by atoms with Gasteiger partial charge in [0.2, 0.25) is 0 Å². The summed E-state index contributed by atoms with van der Waals surface area (Å²) in [5, 5.41) is 0.205. The monoisotopic (exact) mass is 395 g/mol. The Morgan fingerprint density at radius 2 is 2.00 bits per heavy atom. The Labute approximate surface area is 158 Å². The van der Waals surface area contributed by atoms with Gasteiger partial charge in [-0.15, -0.1) is 0 Å². The largest absolute Gasteiger partial charge is 0.458 e. The molecule has 3 rings (SSSR count). The summed E-state index contributed by atoms with van der Waals surface area (Å²) in [6.07, 6.45) is 1.70. The van der Waals surface area contributed by atoms with Gasteiger partial charge in [0.1, 0.15) is 11.4 Å². The van der Waals surface area contributed by atoms with Crippen LogP contribution in [-0.2, 0) is 10.3 Å². The fraction of sp³-hybridized carbons (Fsp3) is 0.500. The molecule has 0 amide bonds. The summed E-state index contributed by atoms with van der Waals surface area (Å²) in [4.78, 5) is 14.9. The molecule has 0 saturated carbocycles. The Bertz CT molecular complexity index is 992. The minimum absolute atomic E-state index is 0.0414. The van der Waals surface area contributed by atoms with Crippen molar-refractivity contribution in [1.29, 1.82) is 0 Å². The molecule has 2 heterocycles. The lowest BCUT2D eigenvalue weighted by Crippen LogP contribution is -2.35. The Morgan fingerprint density at radius 1 is 1.33 bits per heavy atom. The van der Waals surface area contributed by atoms with Crippen LogP contribution in [0.2, 0.25) is 0 Å². The van der Waals surface area contributed by atoms with Gasteiger partial charge >= 0.3 is 10.3 Å². The summed E-state index contributed by atoms with van der Waals surface area (Å²) in [5.74, 6) is 1.18. The quantitative estimate of drug-likeness (QED) is 0.524. The van der Waals surface area contributed by atoms with E-state index in [2.05, 4.69) is 18.7 Å². The molecule has 0 spiro atoms. The maximum atomic E-state index is 12.5. The molecule has 1 saturated heterocycles. The molecule has 0 aliphatic carbocycles. The second-order valence-corrected chi connectivity index (χ2v) is 8.62. The number of hydrogen-bond donors (Lipinski definition) is 3. The maximum absolute atomic E-state index is 12.5. The van der Waals surface area contributed by atoms with Crippen molar-refractivity contribution in [3.8, 4) is 0 Å². The van der Waals surface area contributed by atoms with E-state index < -0.39 is 10.3 Å². The van der Waals surface area contributed by atoms with E-state index in [1.807, 2.05) is 4.72 Å². The third-order valence-corrected chi connectivity index (χ3v) is 5.26. The third kappa shape index (κ3) is 4.60. The zero-order valence-corrected chi connectivity index (χ0v) is 16.3. The Morgan fingerprint density at radius 3 is 2.59 bits per heavy atom. The molecule has 0 atom stereocenters. The molecule has 8 nitrogen and oxygen atoms in total. The van der Waals surface area contributed by atoms with Crippen LogP contribution in [0.15, 0.2) is 27.4 Å². The van der Waals surface area contributed by atoms with E-state index in [4.69, 9.17) is 14.7 Å². The van der Waals surface area contributed by atoms with Gasteiger partial charge in [-0.2, -0.15) is 8.42 Å². The zero-order valence-electron chi connectivity index (χ0n) is 15.4. The van der Waals surface area contributed by atoms with Crippen LogP contribution in [0.5, 0.6) is 0 Å². The van der Waals surface area contributed by atoms with Crippen molar-refractivity contribution in [2.24, 2.45) is 5.92 Å². The molecule has 2 aromatic rings. The molecule has 0 bridgehead atoms. The first-order valence-electron chi connectivity index (χ1n) is 8.98. The highest BCUT2D eigenvalue weighted by atomic mass is 32.2. The van der Waals surface area contributed by atoms with Gasteiger partial charge < -0.3 is 15.1 Å². The van der Waals surface area contributed by atoms with Crippen LogP contribution in [0.3, 0.4) is 0 Å². The zero-order chi connectivity index (χ0) is 19.8. The van der Waals surface area contributed by atoms with Gasteiger partial charge in [0.15, 0.2) is 11.0 Å². The summed E-state index contributed by atoms with van der Waals surface area (Å²) in [6.45, 7) is 7.23. The molecular weight excluding hydrogens is 370 g/mol. The number of fused-ring (bicyclic) bond motifs is 1. The molecule has 0 unspecified atom stereocenters. The second-order valence-electron chi connectivity index (χ2n) is 7.47. The third-order valence-electron chi connectivity index (χ3n) is 4.79. The number of anilines is 2. The van der Waals surface area contributed by atoms with Gasteiger partial charge in [0.25, 0.3) is 0 Å². The molecular formula is C18H25N3O5S. The minimum Gasteiger partial charge on any atom is -0.458 e. The number of nitrogen functional groups attached to an aromatic ring is 1. The molecule has 1 aliphatic heterocycles. The first-order valence-corrected chi connectivity index (χ1v) is 10.4. The highest BCUT2D eigenvalue weighted by Crippen LogP contribution is 2.34. The van der Waals surface area contributed by atoms with E-state index in [9.17, 15) is 13.2 Å². The van der Waals surface area contributed by atoms with Crippen LogP contribution in [0.1, 0.15) is 38.4 Å². The van der Waals surface area contributed by atoms with Crippen molar-refractivity contribution in [3.05, 3.63) is 34.2 Å². The molecule has 9 heteroatoms. The van der Waals surface area contributed by atoms with Crippen LogP contribution in [-0.4, -0.2) is 37.5 Å². The first kappa shape index (κ1) is 19.7. The highest BCUT2D eigenvalue weighted by molar-refractivity contribution is 7.87. The molecule has 27 heavy (non-hydrogen) atoms. The number of piperidine rings is 1. The topological polar surface area (TPSA) is 126 Å². The molecule has 4 N–H and O–H groups in total. The van der Waals surface area contributed by atoms with Crippen LogP contribution in [0.25, 0.3) is 11.0 Å². The van der Waals surface area contributed by atoms with Gasteiger partial charge in [0, 0.05) is 18.5 Å². The Kier molecular flexibility index (Phi) is 5.45. The van der Waals surface area contributed by atoms with Crippen molar-refractivity contribution in [2.75, 3.05) is 30.1 Å². The molecule has 1 aliphatic rings. The standard InChI is InChI=1S/C18H25N3O5S/c1-11(2)10-21-7-5-12(6-8-21)16-9-15(22)13-3-4-14(19)17(18(13)26-16)20-27(23,24)25/h3-4,9,11-12,20H,5-8,10,19H2,1-2H3,(H,23,24,25). The van der Waals surface area contributed by atoms with Gasteiger partial charge in [-0.05, 0) is 44.0 Å². The lowest BCUT2D eigenvalue weighted by molar-refractivity contribution is 0.184. The van der Waals surface area contributed by atoms with Crippen molar-refractivity contribution >= 4 is 32.6 Å². The van der Waals surface area contributed by atoms with E-state index in [0.717, 1.165) is 32.5 Å². The SMILES string of the molecule is CC(C)CN1CCC(c2cc(=O)c3ccc(N)c(NS(=O)(=O)O)c3o2)CC1. The lowest BCUT2D eigenvalue weighted by Gasteiger charge is -2.32. The van der Waals surface area contributed by atoms with Crippen molar-refractivity contribution in [1.82, 2.24) is 4.90 Å². The minimum atomic E-state index is -4.56. The molecule has 1 fully saturated rings. The molecule has 0 radical (unpaired) electrons. The maximum Gasteiger partial charge on any atom is 0.357 e. The fourth-order valence-corrected chi connectivity index (χ4v) is 4.07. The van der Waals surface area contributed by atoms with E-state index in [0.29, 0.717) is 11.7 Å². The molecule has 1 aromatic carbocycles. The van der Waals surface area contributed by atoms with E-state index >= 15 is 0 Å². The van der Waals surface area contributed by atoms with E-state index in [-0.39, 0.29) is 33.7 Å². The predicted octanol–water partition coefficient (Wildman–Crippen LogP) is 2.43. The first-order chi connectivity index (χ1) is 12.6. The number of benzene rings is 1. The number of hydrogen-bond acceptors (Lipinski definition) is 6. The predicted molar refractivity (Wildman–Crippen MR) is 105 cm³/mol. The smallest absolute Gasteiger partial charge is 0.357 e. The van der Waals surface area contributed by atoms with E-state index in [1.54, 1.807) is 0 Å². The van der Waals surface area contributed by atoms with Crippen molar-refractivity contribution < 1.29 is 17.4 Å². The fourth-order valence-electron chi connectivity index (χ4n) is 3.60. The number of nitrogens with one attached hydrogen (secondary N) is 1. The average molecular weight is 395 g/mol. The number of nitrogens with zero attached hydrogens (tertiary/aromatic N) is 1. The Hall–Kier alpha value is -2.10. The van der Waals surface area contributed by atoms with Crippen LogP contribution in [0.4, 0.5) is 11.4 Å². The van der Waals surface area contributed by atoms with Crippen molar-refractivity contribution in [2.45, 2.75) is 32.6 Å². The van der Waals surface area contributed by atoms with Gasteiger partial charge in [-0.1, -0.05) is 13.8 Å². The average Bonchev–Trinajstić information content (AvgIpc) is 2.56. The summed E-state index contributed by atoms with van der Waals surface area (Å²) in [6, 6.07) is 4.36. The number of nitrogens with two attached hydrogens (primary N) is 1. The number of likely N-dealkylation sites (tertiary alicyclic amines) is 1. The molecule has 1 aromatic heterocycles. The van der Waals surface area contributed by atoms with Gasteiger partial charge in [-0.25, -0.2) is 0 Å².